The first-order valence-electron chi connectivity index (χ1n) is 7.67. The largest absolute Gasteiger partial charge is 0.334 e. The predicted octanol–water partition coefficient (Wildman–Crippen LogP) is 3.33. The van der Waals surface area contributed by atoms with E-state index in [4.69, 9.17) is 0 Å². The molecule has 1 aromatic carbocycles. The molecule has 1 aliphatic rings. The van der Waals surface area contributed by atoms with Crippen molar-refractivity contribution in [2.45, 2.75) is 38.3 Å². The van der Waals surface area contributed by atoms with Crippen LogP contribution in [0.25, 0.3) is 0 Å². The Hall–Kier alpha value is -1.95. The third-order valence-electron chi connectivity index (χ3n) is 4.28. The van der Waals surface area contributed by atoms with Crippen LogP contribution < -0.4 is 10.6 Å². The third kappa shape index (κ3) is 3.52. The average Bonchev–Trinajstić information content (AvgIpc) is 2.84. The van der Waals surface area contributed by atoms with Crippen LogP contribution in [0, 0.1) is 0 Å². The van der Waals surface area contributed by atoms with Crippen molar-refractivity contribution in [1.29, 1.82) is 0 Å². The first-order valence-corrected chi connectivity index (χ1v) is 8.46. The molecule has 2 amide bonds. The van der Waals surface area contributed by atoms with E-state index in [0.29, 0.717) is 11.7 Å². The van der Waals surface area contributed by atoms with E-state index in [0.717, 1.165) is 10.9 Å². The summed E-state index contributed by atoms with van der Waals surface area (Å²) in [6.07, 6.45) is 4.22. The van der Waals surface area contributed by atoms with E-state index < -0.39 is 0 Å². The van der Waals surface area contributed by atoms with E-state index in [1.807, 2.05) is 19.1 Å². The lowest BCUT2D eigenvalue weighted by Gasteiger charge is -2.20. The first kappa shape index (κ1) is 15.9. The molecular weight excluding hydrogens is 356 g/mol. The monoisotopic (exact) mass is 374 g/mol. The molecule has 120 valence electrons. The molecule has 3 rings (SSSR count). The van der Waals surface area contributed by atoms with E-state index in [1.165, 1.54) is 11.1 Å². The van der Waals surface area contributed by atoms with Crippen molar-refractivity contribution in [3.05, 3.63) is 58.1 Å². The number of aromatic nitrogens is 2. The molecule has 0 fully saturated rings. The molecule has 0 saturated carbocycles. The molecule has 5 nitrogen and oxygen atoms in total. The summed E-state index contributed by atoms with van der Waals surface area (Å²) in [7, 11) is 0. The van der Waals surface area contributed by atoms with Gasteiger partial charge in [0.1, 0.15) is 5.82 Å². The van der Waals surface area contributed by atoms with Crippen molar-refractivity contribution in [2.24, 2.45) is 0 Å². The van der Waals surface area contributed by atoms with Gasteiger partial charge in [-0.25, -0.2) is 14.8 Å². The highest BCUT2D eigenvalue weighted by Crippen LogP contribution is 2.32. The number of rotatable bonds is 3. The highest BCUT2D eigenvalue weighted by molar-refractivity contribution is 9.10. The summed E-state index contributed by atoms with van der Waals surface area (Å²) in [5.74, 6) is 0.905. The minimum atomic E-state index is -0.248. The van der Waals surface area contributed by atoms with E-state index in [2.05, 4.69) is 55.6 Å². The number of carbonyl (C=O) groups is 1. The minimum Gasteiger partial charge on any atom is -0.334 e. The van der Waals surface area contributed by atoms with Gasteiger partial charge in [0.05, 0.1) is 10.5 Å². The van der Waals surface area contributed by atoms with E-state index >= 15 is 0 Å². The van der Waals surface area contributed by atoms with Crippen molar-refractivity contribution in [3.63, 3.8) is 0 Å². The molecule has 1 unspecified atom stereocenters. The zero-order chi connectivity index (χ0) is 16.4. The fraction of sp³-hybridized carbons (Fsp3) is 0.353. The molecule has 0 bridgehead atoms. The Morgan fingerprint density at radius 3 is 2.70 bits per heavy atom. The Balaban J connectivity index is 1.59. The van der Waals surface area contributed by atoms with Gasteiger partial charge < -0.3 is 10.6 Å². The van der Waals surface area contributed by atoms with Crippen LogP contribution in [0.2, 0.25) is 0 Å². The smallest absolute Gasteiger partial charge is 0.315 e. The van der Waals surface area contributed by atoms with Crippen molar-refractivity contribution < 1.29 is 4.79 Å². The lowest BCUT2D eigenvalue weighted by atomic mass is 10.0. The van der Waals surface area contributed by atoms with Crippen LogP contribution in [-0.4, -0.2) is 22.0 Å². The molecule has 0 saturated heterocycles. The van der Waals surface area contributed by atoms with Crippen molar-refractivity contribution in [3.8, 4) is 0 Å². The highest BCUT2D eigenvalue weighted by atomic mass is 79.9. The normalized spacial score (nSPS) is 20.7. The van der Waals surface area contributed by atoms with Crippen LogP contribution >= 0.6 is 15.9 Å². The van der Waals surface area contributed by atoms with E-state index in [9.17, 15) is 4.79 Å². The van der Waals surface area contributed by atoms with Crippen LogP contribution in [0.15, 0.2) is 41.1 Å². The molecule has 1 heterocycles. The van der Waals surface area contributed by atoms with Crippen LogP contribution in [0.5, 0.6) is 0 Å². The number of nitrogens with one attached hydrogen (secondary N) is 2. The van der Waals surface area contributed by atoms with E-state index in [-0.39, 0.29) is 18.1 Å². The number of amides is 2. The number of nitrogens with zero attached hydrogens (tertiary/aromatic N) is 2. The van der Waals surface area contributed by atoms with Gasteiger partial charge in [0.15, 0.2) is 0 Å². The number of fused-ring (bicyclic) bond motifs is 1. The van der Waals surface area contributed by atoms with Gasteiger partial charge in [0, 0.05) is 24.4 Å². The maximum atomic E-state index is 12.3. The molecule has 2 N–H and O–H groups in total. The Bertz CT molecular complexity index is 704. The zero-order valence-corrected chi connectivity index (χ0v) is 14.7. The average molecular weight is 375 g/mol. The van der Waals surface area contributed by atoms with Gasteiger partial charge in [-0.05, 0) is 40.4 Å². The second-order valence-electron chi connectivity index (χ2n) is 5.90. The summed E-state index contributed by atoms with van der Waals surface area (Å²) >= 11 is 3.30. The second-order valence-corrected chi connectivity index (χ2v) is 6.81. The van der Waals surface area contributed by atoms with Gasteiger partial charge in [-0.2, -0.15) is 0 Å². The Morgan fingerprint density at radius 1 is 1.30 bits per heavy atom. The van der Waals surface area contributed by atoms with E-state index in [1.54, 1.807) is 12.4 Å². The number of urea groups is 1. The fourth-order valence-corrected chi connectivity index (χ4v) is 3.19. The molecule has 0 radical (unpaired) electrons. The van der Waals surface area contributed by atoms with Gasteiger partial charge in [-0.15, -0.1) is 0 Å². The number of carbonyl (C=O) groups excluding carboxylic acids is 1. The van der Waals surface area contributed by atoms with Crippen molar-refractivity contribution >= 4 is 22.0 Å². The van der Waals surface area contributed by atoms with Crippen LogP contribution in [-0.2, 0) is 6.42 Å². The summed E-state index contributed by atoms with van der Waals surface area (Å²) in [6, 6.07) is 8.04. The number of halogens is 1. The quantitative estimate of drug-likeness (QED) is 0.865. The van der Waals surface area contributed by atoms with Crippen LogP contribution in [0.4, 0.5) is 4.79 Å². The lowest BCUT2D eigenvalue weighted by Crippen LogP contribution is -2.44. The van der Waals surface area contributed by atoms with Crippen molar-refractivity contribution in [2.75, 3.05) is 0 Å². The lowest BCUT2D eigenvalue weighted by molar-refractivity contribution is 0.232. The predicted molar refractivity (Wildman–Crippen MR) is 92.2 cm³/mol. The van der Waals surface area contributed by atoms with Crippen LogP contribution in [0.1, 0.15) is 42.8 Å². The Labute approximate surface area is 144 Å². The fourth-order valence-electron chi connectivity index (χ4n) is 2.99. The molecule has 23 heavy (non-hydrogen) atoms. The maximum Gasteiger partial charge on any atom is 0.315 e. The number of hydrogen-bond donors (Lipinski definition) is 2. The maximum absolute atomic E-state index is 12.3. The molecule has 1 aliphatic carbocycles. The summed E-state index contributed by atoms with van der Waals surface area (Å²) in [5, 5.41) is 5.97. The minimum absolute atomic E-state index is 0.116. The Morgan fingerprint density at radius 2 is 2.00 bits per heavy atom. The molecule has 3 atom stereocenters. The first-order chi connectivity index (χ1) is 11.0. The van der Waals surface area contributed by atoms with Gasteiger partial charge in [0.2, 0.25) is 0 Å². The molecule has 0 spiro atoms. The Kier molecular flexibility index (Phi) is 4.61. The molecule has 6 heteroatoms. The highest BCUT2D eigenvalue weighted by Gasteiger charge is 2.30. The SMILES string of the molecule is CC(NC(=O)N[C@@H]1Cc2ccccc2[C@@H]1C)c1ncc(Br)cn1. The summed E-state index contributed by atoms with van der Waals surface area (Å²) in [5.41, 5.74) is 2.64. The topological polar surface area (TPSA) is 66.9 Å². The van der Waals surface area contributed by atoms with Gasteiger partial charge in [-0.3, -0.25) is 0 Å². The van der Waals surface area contributed by atoms with Crippen molar-refractivity contribution in [1.82, 2.24) is 20.6 Å². The molecular formula is C17H19BrN4O. The zero-order valence-electron chi connectivity index (χ0n) is 13.1. The van der Waals surface area contributed by atoms with Gasteiger partial charge >= 0.3 is 6.03 Å². The second kappa shape index (κ2) is 6.66. The van der Waals surface area contributed by atoms with Gasteiger partial charge in [0.25, 0.3) is 0 Å². The summed E-state index contributed by atoms with van der Waals surface area (Å²) in [6.45, 7) is 4.02. The molecule has 1 aromatic heterocycles. The molecule has 2 aromatic rings. The third-order valence-corrected chi connectivity index (χ3v) is 4.69. The summed E-state index contributed by atoms with van der Waals surface area (Å²) < 4.78 is 0.815. The number of hydrogen-bond acceptors (Lipinski definition) is 3. The summed E-state index contributed by atoms with van der Waals surface area (Å²) in [4.78, 5) is 20.7. The standard InChI is InChI=1S/C17H19BrN4O/c1-10-14-6-4-3-5-12(14)7-15(10)22-17(23)21-11(2)16-19-8-13(18)9-20-16/h3-6,8-11,15H,7H2,1-2H3,(H2,21,22,23)/t10-,11?,15+/m0/s1. The van der Waals surface area contributed by atoms with Crippen LogP contribution in [0.3, 0.4) is 0 Å². The number of benzene rings is 1. The molecule has 0 aliphatic heterocycles. The van der Waals surface area contributed by atoms with Gasteiger partial charge in [-0.1, -0.05) is 31.2 Å².